The summed E-state index contributed by atoms with van der Waals surface area (Å²) in [5.41, 5.74) is 5.27. The van der Waals surface area contributed by atoms with E-state index in [-0.39, 0.29) is 5.56 Å². The first-order chi connectivity index (χ1) is 9.56. The smallest absolute Gasteiger partial charge is 0.255 e. The Balaban J connectivity index is 2.42. The summed E-state index contributed by atoms with van der Waals surface area (Å²) in [6, 6.07) is 16.0. The number of pyridine rings is 1. The first-order valence-corrected chi connectivity index (χ1v) is 6.76. The summed E-state index contributed by atoms with van der Waals surface area (Å²) in [5.74, 6) is 0. The molecule has 20 heavy (non-hydrogen) atoms. The summed E-state index contributed by atoms with van der Waals surface area (Å²) >= 11 is 0. The van der Waals surface area contributed by atoms with Crippen LogP contribution in [0.4, 0.5) is 0 Å². The summed E-state index contributed by atoms with van der Waals surface area (Å²) in [5, 5.41) is 1.12. The van der Waals surface area contributed by atoms with Crippen LogP contribution in [0.2, 0.25) is 0 Å². The van der Waals surface area contributed by atoms with Crippen molar-refractivity contribution in [2.24, 2.45) is 0 Å². The number of aromatic nitrogens is 1. The van der Waals surface area contributed by atoms with Crippen molar-refractivity contribution >= 4 is 10.9 Å². The van der Waals surface area contributed by atoms with Gasteiger partial charge < -0.3 is 0 Å². The molecule has 0 bridgehead atoms. The van der Waals surface area contributed by atoms with Crippen molar-refractivity contribution in [3.63, 3.8) is 0 Å². The lowest BCUT2D eigenvalue weighted by Gasteiger charge is -2.13. The van der Waals surface area contributed by atoms with E-state index in [9.17, 15) is 4.79 Å². The van der Waals surface area contributed by atoms with Crippen molar-refractivity contribution in [2.45, 2.75) is 20.8 Å². The molecule has 100 valence electrons. The number of fused-ring (bicyclic) bond motifs is 1. The van der Waals surface area contributed by atoms with E-state index in [1.165, 1.54) is 5.56 Å². The molecule has 1 aromatic heterocycles. The Morgan fingerprint density at radius 2 is 1.45 bits per heavy atom. The van der Waals surface area contributed by atoms with Crippen LogP contribution in [0.1, 0.15) is 16.7 Å². The fourth-order valence-electron chi connectivity index (χ4n) is 2.57. The number of hydrogen-bond acceptors (Lipinski definition) is 1. The molecule has 0 aliphatic carbocycles. The topological polar surface area (TPSA) is 22.0 Å². The zero-order valence-corrected chi connectivity index (χ0v) is 12.0. The average molecular weight is 263 g/mol. The highest BCUT2D eigenvalue weighted by Gasteiger charge is 2.08. The Kier molecular flexibility index (Phi) is 2.94. The predicted molar refractivity (Wildman–Crippen MR) is 83.8 cm³/mol. The zero-order valence-electron chi connectivity index (χ0n) is 12.0. The van der Waals surface area contributed by atoms with E-state index < -0.39 is 0 Å². The molecule has 3 rings (SSSR count). The van der Waals surface area contributed by atoms with Gasteiger partial charge in [-0.25, -0.2) is 0 Å². The van der Waals surface area contributed by atoms with Gasteiger partial charge in [-0.05, 0) is 50.1 Å². The van der Waals surface area contributed by atoms with E-state index in [1.807, 2.05) is 45.0 Å². The lowest BCUT2D eigenvalue weighted by molar-refractivity contribution is 1.03. The van der Waals surface area contributed by atoms with Gasteiger partial charge in [0.25, 0.3) is 5.56 Å². The molecule has 0 fully saturated rings. The van der Waals surface area contributed by atoms with Gasteiger partial charge >= 0.3 is 0 Å². The Bertz CT molecular complexity index is 842. The molecule has 2 heteroatoms. The van der Waals surface area contributed by atoms with E-state index in [4.69, 9.17) is 0 Å². The van der Waals surface area contributed by atoms with E-state index in [0.717, 1.165) is 27.7 Å². The van der Waals surface area contributed by atoms with Crippen LogP contribution in [0.15, 0.2) is 53.3 Å². The first kappa shape index (κ1) is 12.7. The summed E-state index contributed by atoms with van der Waals surface area (Å²) in [7, 11) is 0. The van der Waals surface area contributed by atoms with Gasteiger partial charge in [0.05, 0.1) is 5.52 Å². The molecule has 0 aliphatic rings. The number of nitrogens with zero attached hydrogens (tertiary/aromatic N) is 1. The van der Waals surface area contributed by atoms with Crippen LogP contribution in [0.5, 0.6) is 0 Å². The molecule has 0 aliphatic heterocycles. The predicted octanol–water partition coefficient (Wildman–Crippen LogP) is 3.92. The normalized spacial score (nSPS) is 10.9. The number of aryl methyl sites for hydroxylation is 3. The molecule has 2 aromatic carbocycles. The molecule has 2 nitrogen and oxygen atoms in total. The molecule has 0 radical (unpaired) electrons. The highest BCUT2D eigenvalue weighted by molar-refractivity contribution is 5.84. The maximum atomic E-state index is 12.4. The Hall–Kier alpha value is -2.35. The second-order valence-electron chi connectivity index (χ2n) is 5.36. The number of hydrogen-bond donors (Lipinski definition) is 0. The second-order valence-corrected chi connectivity index (χ2v) is 5.36. The van der Waals surface area contributed by atoms with Crippen LogP contribution < -0.4 is 5.56 Å². The Labute approximate surface area is 118 Å². The summed E-state index contributed by atoms with van der Waals surface area (Å²) in [6.45, 7) is 6.08. The van der Waals surface area contributed by atoms with Gasteiger partial charge in [0.15, 0.2) is 0 Å². The molecule has 0 saturated heterocycles. The minimum Gasteiger partial charge on any atom is -0.277 e. The van der Waals surface area contributed by atoms with Crippen molar-refractivity contribution in [2.75, 3.05) is 0 Å². The third-order valence-electron chi connectivity index (χ3n) is 3.67. The van der Waals surface area contributed by atoms with E-state index in [2.05, 4.69) is 18.2 Å². The maximum absolute atomic E-state index is 12.4. The SMILES string of the molecule is Cc1ccc(-n2c(=O)cc(C)c3ccc(C)cc32)cc1. The summed E-state index contributed by atoms with van der Waals surface area (Å²) in [4.78, 5) is 12.4. The standard InChI is InChI=1S/C18H17NO/c1-12-4-7-15(8-5-12)19-17-10-13(2)6-9-16(17)14(3)11-18(19)20/h4-11H,1-3H3. The Morgan fingerprint density at radius 1 is 0.800 bits per heavy atom. The van der Waals surface area contributed by atoms with Gasteiger partial charge in [-0.2, -0.15) is 0 Å². The molecule has 1 heterocycles. The van der Waals surface area contributed by atoms with Gasteiger partial charge in [-0.3, -0.25) is 9.36 Å². The van der Waals surface area contributed by atoms with Crippen LogP contribution in [0, 0.1) is 20.8 Å². The van der Waals surface area contributed by atoms with Gasteiger partial charge in [0.1, 0.15) is 0 Å². The third-order valence-corrected chi connectivity index (χ3v) is 3.67. The number of benzene rings is 2. The maximum Gasteiger partial charge on any atom is 0.255 e. The van der Waals surface area contributed by atoms with Crippen LogP contribution in [0.3, 0.4) is 0 Å². The van der Waals surface area contributed by atoms with E-state index in [0.29, 0.717) is 0 Å². The minimum atomic E-state index is 0.0180. The van der Waals surface area contributed by atoms with Crippen LogP contribution >= 0.6 is 0 Å². The molecule has 0 spiro atoms. The first-order valence-electron chi connectivity index (χ1n) is 6.76. The average Bonchev–Trinajstić information content (AvgIpc) is 2.40. The van der Waals surface area contributed by atoms with Gasteiger partial charge in [-0.15, -0.1) is 0 Å². The molecule has 0 N–H and O–H groups in total. The molecular weight excluding hydrogens is 246 g/mol. The summed E-state index contributed by atoms with van der Waals surface area (Å²) < 4.78 is 1.79. The van der Waals surface area contributed by atoms with Gasteiger partial charge in [0, 0.05) is 17.1 Å². The van der Waals surface area contributed by atoms with Crippen molar-refractivity contribution in [1.29, 1.82) is 0 Å². The largest absolute Gasteiger partial charge is 0.277 e. The highest BCUT2D eigenvalue weighted by atomic mass is 16.1. The molecule has 0 atom stereocenters. The Morgan fingerprint density at radius 3 is 2.15 bits per heavy atom. The lowest BCUT2D eigenvalue weighted by atomic mass is 10.1. The van der Waals surface area contributed by atoms with E-state index >= 15 is 0 Å². The molecule has 0 unspecified atom stereocenters. The molecule has 3 aromatic rings. The fourth-order valence-corrected chi connectivity index (χ4v) is 2.57. The monoisotopic (exact) mass is 263 g/mol. The van der Waals surface area contributed by atoms with Crippen molar-refractivity contribution in [3.05, 3.63) is 75.6 Å². The van der Waals surface area contributed by atoms with E-state index in [1.54, 1.807) is 10.6 Å². The third kappa shape index (κ3) is 2.03. The lowest BCUT2D eigenvalue weighted by Crippen LogP contribution is -2.18. The fraction of sp³-hybridized carbons (Fsp3) is 0.167. The van der Waals surface area contributed by atoms with Crippen LogP contribution in [-0.4, -0.2) is 4.57 Å². The second kappa shape index (κ2) is 4.64. The highest BCUT2D eigenvalue weighted by Crippen LogP contribution is 2.21. The summed E-state index contributed by atoms with van der Waals surface area (Å²) in [6.07, 6.45) is 0. The number of rotatable bonds is 1. The quantitative estimate of drug-likeness (QED) is 0.652. The van der Waals surface area contributed by atoms with Crippen LogP contribution in [0.25, 0.3) is 16.6 Å². The molecule has 0 saturated carbocycles. The van der Waals surface area contributed by atoms with Crippen molar-refractivity contribution in [3.8, 4) is 5.69 Å². The minimum absolute atomic E-state index is 0.0180. The van der Waals surface area contributed by atoms with Crippen molar-refractivity contribution < 1.29 is 0 Å². The zero-order chi connectivity index (χ0) is 14.3. The van der Waals surface area contributed by atoms with Gasteiger partial charge in [-0.1, -0.05) is 29.8 Å². The molecular formula is C18H17NO. The van der Waals surface area contributed by atoms with Crippen LogP contribution in [-0.2, 0) is 0 Å². The molecule has 0 amide bonds. The van der Waals surface area contributed by atoms with Gasteiger partial charge in [0.2, 0.25) is 0 Å². The van der Waals surface area contributed by atoms with Crippen molar-refractivity contribution in [1.82, 2.24) is 4.57 Å².